The van der Waals surface area contributed by atoms with Crippen molar-refractivity contribution in [3.63, 3.8) is 0 Å². The van der Waals surface area contributed by atoms with E-state index in [2.05, 4.69) is 10.1 Å². The van der Waals surface area contributed by atoms with Gasteiger partial charge in [-0.25, -0.2) is 4.79 Å². The number of aliphatic hydroxyl groups excluding tert-OH is 1. The second kappa shape index (κ2) is 9.04. The SMILES string of the molecule is COC(=O)C(=O)C=C(O)c1ccc(NC(=O)/C=C/c2ccc(O)c(O)c2)cc1. The number of aromatic hydroxyl groups is 2. The molecular weight excluding hydrogens is 366 g/mol. The van der Waals surface area contributed by atoms with Crippen LogP contribution in [0.4, 0.5) is 5.69 Å². The van der Waals surface area contributed by atoms with Crippen LogP contribution in [-0.4, -0.2) is 40.1 Å². The summed E-state index contributed by atoms with van der Waals surface area (Å²) >= 11 is 0. The van der Waals surface area contributed by atoms with Gasteiger partial charge in [0.05, 0.1) is 7.11 Å². The molecule has 0 bridgehead atoms. The first kappa shape index (κ1) is 20.2. The number of esters is 1. The molecule has 0 aliphatic carbocycles. The summed E-state index contributed by atoms with van der Waals surface area (Å²) in [6.07, 6.45) is 3.44. The van der Waals surface area contributed by atoms with E-state index in [9.17, 15) is 29.7 Å². The fraction of sp³-hybridized carbons (Fsp3) is 0.0500. The normalized spacial score (nSPS) is 11.2. The molecule has 1 amide bonds. The number of hydrogen-bond donors (Lipinski definition) is 4. The number of benzene rings is 2. The lowest BCUT2D eigenvalue weighted by atomic mass is 10.1. The van der Waals surface area contributed by atoms with Crippen LogP contribution in [0.5, 0.6) is 11.5 Å². The molecule has 144 valence electrons. The van der Waals surface area contributed by atoms with Crippen LogP contribution in [0.2, 0.25) is 0 Å². The van der Waals surface area contributed by atoms with Crippen LogP contribution in [0.1, 0.15) is 11.1 Å². The van der Waals surface area contributed by atoms with Crippen LogP contribution in [0.15, 0.2) is 54.6 Å². The van der Waals surface area contributed by atoms with Crippen molar-refractivity contribution in [3.05, 3.63) is 65.7 Å². The quantitative estimate of drug-likeness (QED) is 0.198. The summed E-state index contributed by atoms with van der Waals surface area (Å²) in [5.41, 5.74) is 1.22. The van der Waals surface area contributed by atoms with Gasteiger partial charge in [0, 0.05) is 23.4 Å². The number of phenols is 2. The van der Waals surface area contributed by atoms with Crippen LogP contribution in [0.25, 0.3) is 11.8 Å². The van der Waals surface area contributed by atoms with E-state index in [4.69, 9.17) is 0 Å². The summed E-state index contributed by atoms with van der Waals surface area (Å²) in [6.45, 7) is 0. The number of carbonyl (C=O) groups excluding carboxylic acids is 3. The summed E-state index contributed by atoms with van der Waals surface area (Å²) in [6, 6.07) is 10.0. The highest BCUT2D eigenvalue weighted by atomic mass is 16.5. The molecule has 0 atom stereocenters. The number of carbonyl (C=O) groups is 3. The Bertz CT molecular complexity index is 959. The van der Waals surface area contributed by atoms with Gasteiger partial charge in [-0.15, -0.1) is 0 Å². The molecule has 8 nitrogen and oxygen atoms in total. The van der Waals surface area contributed by atoms with E-state index in [0.29, 0.717) is 11.3 Å². The minimum atomic E-state index is -1.09. The molecule has 0 saturated carbocycles. The van der Waals surface area contributed by atoms with Crippen molar-refractivity contribution >= 4 is 35.2 Å². The maximum absolute atomic E-state index is 11.9. The van der Waals surface area contributed by atoms with Crippen molar-refractivity contribution in [2.24, 2.45) is 0 Å². The van der Waals surface area contributed by atoms with Crippen LogP contribution in [-0.2, 0) is 19.1 Å². The summed E-state index contributed by atoms with van der Waals surface area (Å²) in [5.74, 6) is -3.50. The predicted molar refractivity (Wildman–Crippen MR) is 102 cm³/mol. The zero-order valence-electron chi connectivity index (χ0n) is 14.7. The van der Waals surface area contributed by atoms with Crippen LogP contribution in [0, 0.1) is 0 Å². The smallest absolute Gasteiger partial charge is 0.378 e. The van der Waals surface area contributed by atoms with Gasteiger partial charge in [0.2, 0.25) is 5.91 Å². The number of anilines is 1. The molecule has 4 N–H and O–H groups in total. The van der Waals surface area contributed by atoms with E-state index in [1.54, 1.807) is 0 Å². The first-order chi connectivity index (χ1) is 13.3. The number of hydrogen-bond acceptors (Lipinski definition) is 7. The highest BCUT2D eigenvalue weighted by molar-refractivity contribution is 6.39. The second-order valence-electron chi connectivity index (χ2n) is 5.53. The van der Waals surface area contributed by atoms with Gasteiger partial charge in [0.15, 0.2) is 11.5 Å². The number of aliphatic hydroxyl groups is 1. The molecule has 0 fully saturated rings. The summed E-state index contributed by atoms with van der Waals surface area (Å²) in [4.78, 5) is 34.4. The minimum absolute atomic E-state index is 0.257. The predicted octanol–water partition coefficient (Wildman–Crippen LogP) is 2.39. The van der Waals surface area contributed by atoms with E-state index in [0.717, 1.165) is 13.2 Å². The average molecular weight is 383 g/mol. The Hall–Kier alpha value is -4.07. The standard InChI is InChI=1S/C20H17NO7/c1-28-20(27)18(25)11-16(23)13-4-6-14(7-5-13)21-19(26)9-3-12-2-8-15(22)17(24)10-12/h2-11,22-24H,1H3,(H,21,26)/b9-3+,16-11?. The Labute approximate surface area is 160 Å². The molecular formula is C20H17NO7. The third-order valence-electron chi connectivity index (χ3n) is 3.53. The number of phenolic OH excluding ortho intramolecular Hbond substituents is 2. The highest BCUT2D eigenvalue weighted by Gasteiger charge is 2.12. The Morgan fingerprint density at radius 1 is 1.00 bits per heavy atom. The molecule has 28 heavy (non-hydrogen) atoms. The zero-order chi connectivity index (χ0) is 20.7. The van der Waals surface area contributed by atoms with Crippen molar-refractivity contribution in [1.82, 2.24) is 0 Å². The molecule has 0 spiro atoms. The molecule has 0 heterocycles. The largest absolute Gasteiger partial charge is 0.507 e. The fourth-order valence-corrected chi connectivity index (χ4v) is 2.09. The lowest BCUT2D eigenvalue weighted by Gasteiger charge is -2.05. The van der Waals surface area contributed by atoms with Crippen LogP contribution in [0.3, 0.4) is 0 Å². The van der Waals surface area contributed by atoms with Gasteiger partial charge in [-0.05, 0) is 48.0 Å². The third-order valence-corrected chi connectivity index (χ3v) is 3.53. The van der Waals surface area contributed by atoms with E-state index in [1.165, 1.54) is 54.6 Å². The third kappa shape index (κ3) is 5.46. The summed E-state index contributed by atoms with van der Waals surface area (Å²) in [7, 11) is 1.06. The van der Waals surface area contributed by atoms with Gasteiger partial charge in [-0.2, -0.15) is 0 Å². The zero-order valence-corrected chi connectivity index (χ0v) is 14.7. The Balaban J connectivity index is 2.01. The number of ether oxygens (including phenoxy) is 1. The summed E-state index contributed by atoms with van der Waals surface area (Å²) in [5, 5.41) is 31.1. The van der Waals surface area contributed by atoms with Crippen LogP contribution >= 0.6 is 0 Å². The van der Waals surface area contributed by atoms with E-state index in [1.807, 2.05) is 0 Å². The fourth-order valence-electron chi connectivity index (χ4n) is 2.09. The van der Waals surface area contributed by atoms with Crippen molar-refractivity contribution in [2.75, 3.05) is 12.4 Å². The monoisotopic (exact) mass is 383 g/mol. The lowest BCUT2D eigenvalue weighted by Crippen LogP contribution is -2.13. The Kier molecular flexibility index (Phi) is 6.53. The lowest BCUT2D eigenvalue weighted by molar-refractivity contribution is -0.149. The number of ketones is 1. The minimum Gasteiger partial charge on any atom is -0.507 e. The molecule has 2 aromatic carbocycles. The van der Waals surface area contributed by atoms with Gasteiger partial charge in [0.25, 0.3) is 5.78 Å². The molecule has 8 heteroatoms. The number of nitrogens with one attached hydrogen (secondary N) is 1. The first-order valence-electron chi connectivity index (χ1n) is 7.94. The van der Waals surface area contributed by atoms with Gasteiger partial charge in [0.1, 0.15) is 5.76 Å². The van der Waals surface area contributed by atoms with Gasteiger partial charge < -0.3 is 25.4 Å². The van der Waals surface area contributed by atoms with Crippen molar-refractivity contribution < 1.29 is 34.4 Å². The topological polar surface area (TPSA) is 133 Å². The number of rotatable bonds is 6. The molecule has 2 rings (SSSR count). The van der Waals surface area contributed by atoms with Gasteiger partial charge in [-0.3, -0.25) is 9.59 Å². The van der Waals surface area contributed by atoms with Crippen molar-refractivity contribution in [3.8, 4) is 11.5 Å². The number of methoxy groups -OCH3 is 1. The van der Waals surface area contributed by atoms with Crippen molar-refractivity contribution in [1.29, 1.82) is 0 Å². The Morgan fingerprint density at radius 3 is 2.29 bits per heavy atom. The molecule has 0 unspecified atom stereocenters. The summed E-state index contributed by atoms with van der Waals surface area (Å²) < 4.78 is 4.25. The molecule has 2 aromatic rings. The van der Waals surface area contributed by atoms with E-state index >= 15 is 0 Å². The van der Waals surface area contributed by atoms with Gasteiger partial charge >= 0.3 is 5.97 Å². The molecule has 0 aromatic heterocycles. The first-order valence-corrected chi connectivity index (χ1v) is 7.94. The maximum Gasteiger partial charge on any atom is 0.378 e. The Morgan fingerprint density at radius 2 is 1.68 bits per heavy atom. The highest BCUT2D eigenvalue weighted by Crippen LogP contribution is 2.25. The van der Waals surface area contributed by atoms with Crippen LogP contribution < -0.4 is 5.32 Å². The van der Waals surface area contributed by atoms with Crippen molar-refractivity contribution in [2.45, 2.75) is 0 Å². The molecule has 0 radical (unpaired) electrons. The van der Waals surface area contributed by atoms with Gasteiger partial charge in [-0.1, -0.05) is 6.07 Å². The molecule has 0 saturated heterocycles. The maximum atomic E-state index is 11.9. The average Bonchev–Trinajstić information content (AvgIpc) is 2.68. The molecule has 0 aliphatic heterocycles. The van der Waals surface area contributed by atoms with E-state index in [-0.39, 0.29) is 17.1 Å². The molecule has 0 aliphatic rings. The second-order valence-corrected chi connectivity index (χ2v) is 5.53. The van der Waals surface area contributed by atoms with E-state index < -0.39 is 23.4 Å². The number of amides is 1.